The van der Waals surface area contributed by atoms with Crippen LogP contribution in [-0.4, -0.2) is 45.3 Å². The summed E-state index contributed by atoms with van der Waals surface area (Å²) in [7, 11) is 0. The lowest BCUT2D eigenvalue weighted by Crippen LogP contribution is -2.53. The van der Waals surface area contributed by atoms with Crippen LogP contribution in [0.1, 0.15) is 36.6 Å². The number of fused-ring (bicyclic) bond motifs is 6. The maximum atomic E-state index is 11.8. The zero-order chi connectivity index (χ0) is 17.1. The quantitative estimate of drug-likeness (QED) is 0.746. The van der Waals surface area contributed by atoms with Crippen LogP contribution in [-0.2, 0) is 11.2 Å². The minimum atomic E-state index is -0.830. The van der Waals surface area contributed by atoms with E-state index in [1.165, 1.54) is 22.2 Å². The number of carboxylic acids is 1. The normalized spacial score (nSPS) is 35.0. The number of piperidine rings is 1. The van der Waals surface area contributed by atoms with E-state index in [1.807, 2.05) is 0 Å². The fraction of sp³-hybridized carbons (Fsp3) is 0.550. The maximum absolute atomic E-state index is 11.8. The summed E-state index contributed by atoms with van der Waals surface area (Å²) in [6.45, 7) is 2.00. The molecule has 25 heavy (non-hydrogen) atoms. The molecular formula is C20H24N2O3. The average molecular weight is 340 g/mol. The zero-order valence-corrected chi connectivity index (χ0v) is 14.2. The standard InChI is InChI=1S/C20H24N2O3/c23-17-6-5-11-10-22-8-7-13-12-3-1-2-4-15(12)21-19(13)16(22)9-14(11)18(17)20(24)25/h1-4,11,14,16-18,21,23H,5-10H2,(H,24,25)/t11?,14?,16?,17?,18-/m1/s1. The SMILES string of the molecule is O=C(O)[C@H]1C(O)CCC2CN3CCc4c([nH]c5ccccc45)C3CC21. The Labute approximate surface area is 146 Å². The van der Waals surface area contributed by atoms with Crippen molar-refractivity contribution >= 4 is 16.9 Å². The zero-order valence-electron chi connectivity index (χ0n) is 14.2. The first-order valence-corrected chi connectivity index (χ1v) is 9.38. The van der Waals surface area contributed by atoms with Crippen molar-refractivity contribution in [1.82, 2.24) is 9.88 Å². The number of aliphatic carboxylic acids is 1. The Kier molecular flexibility index (Phi) is 3.44. The highest BCUT2D eigenvalue weighted by molar-refractivity contribution is 5.85. The summed E-state index contributed by atoms with van der Waals surface area (Å²) < 4.78 is 0. The molecular weight excluding hydrogens is 316 g/mol. The molecule has 0 bridgehead atoms. The summed E-state index contributed by atoms with van der Waals surface area (Å²) in [6.07, 6.45) is 2.75. The highest BCUT2D eigenvalue weighted by Gasteiger charge is 2.49. The molecule has 1 saturated heterocycles. The van der Waals surface area contributed by atoms with Gasteiger partial charge in [0.15, 0.2) is 0 Å². The predicted octanol–water partition coefficient (Wildman–Crippen LogP) is 2.56. The molecule has 1 aliphatic carbocycles. The van der Waals surface area contributed by atoms with Crippen LogP contribution < -0.4 is 0 Å². The van der Waals surface area contributed by atoms with Crippen molar-refractivity contribution in [2.75, 3.05) is 13.1 Å². The number of aliphatic hydroxyl groups excluding tert-OH is 1. The van der Waals surface area contributed by atoms with Crippen molar-refractivity contribution in [3.8, 4) is 0 Å². The molecule has 132 valence electrons. The van der Waals surface area contributed by atoms with Gasteiger partial charge < -0.3 is 15.2 Å². The molecule has 1 saturated carbocycles. The number of nitrogens with zero attached hydrogens (tertiary/aromatic N) is 1. The van der Waals surface area contributed by atoms with E-state index < -0.39 is 18.0 Å². The molecule has 2 fully saturated rings. The van der Waals surface area contributed by atoms with Crippen LogP contribution in [0.5, 0.6) is 0 Å². The number of carbonyl (C=O) groups is 1. The van der Waals surface area contributed by atoms with Gasteiger partial charge >= 0.3 is 5.97 Å². The predicted molar refractivity (Wildman–Crippen MR) is 94.3 cm³/mol. The van der Waals surface area contributed by atoms with E-state index >= 15 is 0 Å². The van der Waals surface area contributed by atoms with Crippen LogP contribution in [0.15, 0.2) is 24.3 Å². The number of rotatable bonds is 1. The topological polar surface area (TPSA) is 76.6 Å². The van der Waals surface area contributed by atoms with Crippen molar-refractivity contribution in [3.05, 3.63) is 35.5 Å². The van der Waals surface area contributed by atoms with Gasteiger partial charge in [0, 0.05) is 29.7 Å². The highest BCUT2D eigenvalue weighted by atomic mass is 16.4. The van der Waals surface area contributed by atoms with Crippen molar-refractivity contribution < 1.29 is 15.0 Å². The molecule has 5 heteroatoms. The number of benzene rings is 1. The van der Waals surface area contributed by atoms with Crippen LogP contribution in [0.4, 0.5) is 0 Å². The Hall–Kier alpha value is -1.85. The first kappa shape index (κ1) is 15.4. The van der Waals surface area contributed by atoms with E-state index in [-0.39, 0.29) is 12.0 Å². The number of nitrogens with one attached hydrogen (secondary N) is 1. The molecule has 5 rings (SSSR count). The summed E-state index contributed by atoms with van der Waals surface area (Å²) in [4.78, 5) is 17.9. The van der Waals surface area contributed by atoms with Gasteiger partial charge in [-0.2, -0.15) is 0 Å². The van der Waals surface area contributed by atoms with Gasteiger partial charge in [0.25, 0.3) is 0 Å². The van der Waals surface area contributed by atoms with E-state index in [2.05, 4.69) is 34.1 Å². The summed E-state index contributed by atoms with van der Waals surface area (Å²) in [6, 6.07) is 8.68. The van der Waals surface area contributed by atoms with Crippen molar-refractivity contribution in [2.45, 2.75) is 37.8 Å². The molecule has 4 unspecified atom stereocenters. The average Bonchev–Trinajstić information content (AvgIpc) is 2.99. The Morgan fingerprint density at radius 1 is 1.24 bits per heavy atom. The van der Waals surface area contributed by atoms with E-state index in [0.29, 0.717) is 12.3 Å². The van der Waals surface area contributed by atoms with Gasteiger partial charge in [-0.25, -0.2) is 0 Å². The Balaban J connectivity index is 1.54. The molecule has 0 spiro atoms. The van der Waals surface area contributed by atoms with Gasteiger partial charge in [-0.05, 0) is 49.1 Å². The first-order chi connectivity index (χ1) is 12.1. The fourth-order valence-corrected chi connectivity index (χ4v) is 5.68. The van der Waals surface area contributed by atoms with Gasteiger partial charge in [0.2, 0.25) is 0 Å². The van der Waals surface area contributed by atoms with Crippen LogP contribution in [0.25, 0.3) is 10.9 Å². The summed E-state index contributed by atoms with van der Waals surface area (Å²) in [5.74, 6) is -0.981. The lowest BCUT2D eigenvalue weighted by Gasteiger charge is -2.50. The Morgan fingerprint density at radius 2 is 2.08 bits per heavy atom. The molecule has 3 N–H and O–H groups in total. The number of aromatic amines is 1. The van der Waals surface area contributed by atoms with Gasteiger partial charge in [-0.1, -0.05) is 18.2 Å². The second-order valence-electron chi connectivity index (χ2n) is 7.99. The second-order valence-corrected chi connectivity index (χ2v) is 7.99. The summed E-state index contributed by atoms with van der Waals surface area (Å²) >= 11 is 0. The number of hydrogen-bond acceptors (Lipinski definition) is 3. The van der Waals surface area contributed by atoms with E-state index in [4.69, 9.17) is 0 Å². The number of aromatic nitrogens is 1. The highest BCUT2D eigenvalue weighted by Crippen LogP contribution is 2.49. The third-order valence-electron chi connectivity index (χ3n) is 6.83. The number of aliphatic hydroxyl groups is 1. The molecule has 3 heterocycles. The van der Waals surface area contributed by atoms with Gasteiger partial charge in [0.1, 0.15) is 0 Å². The molecule has 2 aliphatic heterocycles. The molecule has 0 amide bonds. The molecule has 5 nitrogen and oxygen atoms in total. The van der Waals surface area contributed by atoms with E-state index in [1.54, 1.807) is 0 Å². The molecule has 0 radical (unpaired) electrons. The monoisotopic (exact) mass is 340 g/mol. The van der Waals surface area contributed by atoms with Crippen LogP contribution in [0.2, 0.25) is 0 Å². The smallest absolute Gasteiger partial charge is 0.309 e. The molecule has 1 aromatic heterocycles. The van der Waals surface area contributed by atoms with Crippen molar-refractivity contribution in [2.24, 2.45) is 17.8 Å². The minimum Gasteiger partial charge on any atom is -0.481 e. The maximum Gasteiger partial charge on any atom is 0.309 e. The van der Waals surface area contributed by atoms with E-state index in [0.717, 1.165) is 32.4 Å². The Bertz CT molecular complexity index is 829. The van der Waals surface area contributed by atoms with Gasteiger partial charge in [0.05, 0.1) is 18.1 Å². The van der Waals surface area contributed by atoms with Crippen LogP contribution in [0.3, 0.4) is 0 Å². The second kappa shape index (κ2) is 5.58. The molecule has 2 aromatic rings. The number of H-pyrrole nitrogens is 1. The number of para-hydroxylation sites is 1. The first-order valence-electron chi connectivity index (χ1n) is 9.38. The van der Waals surface area contributed by atoms with Crippen molar-refractivity contribution in [3.63, 3.8) is 0 Å². The summed E-state index contributed by atoms with van der Waals surface area (Å²) in [5.41, 5.74) is 3.85. The van der Waals surface area contributed by atoms with Gasteiger partial charge in [-0.15, -0.1) is 0 Å². The third-order valence-corrected chi connectivity index (χ3v) is 6.83. The lowest BCUT2D eigenvalue weighted by molar-refractivity contribution is -0.156. The number of carboxylic acid groups (broad SMARTS) is 1. The van der Waals surface area contributed by atoms with Crippen LogP contribution in [0, 0.1) is 17.8 Å². The number of hydrogen-bond donors (Lipinski definition) is 3. The largest absolute Gasteiger partial charge is 0.481 e. The summed E-state index contributed by atoms with van der Waals surface area (Å²) in [5, 5.41) is 21.3. The third kappa shape index (κ3) is 2.26. The minimum absolute atomic E-state index is 0.0693. The lowest BCUT2D eigenvalue weighted by atomic mass is 9.65. The van der Waals surface area contributed by atoms with Crippen molar-refractivity contribution in [1.29, 1.82) is 0 Å². The molecule has 3 aliphatic rings. The van der Waals surface area contributed by atoms with Crippen LogP contribution >= 0.6 is 0 Å². The fourth-order valence-electron chi connectivity index (χ4n) is 5.68. The van der Waals surface area contributed by atoms with E-state index in [9.17, 15) is 15.0 Å². The van der Waals surface area contributed by atoms with Gasteiger partial charge in [-0.3, -0.25) is 9.69 Å². The molecule has 5 atom stereocenters. The molecule has 1 aromatic carbocycles. The Morgan fingerprint density at radius 3 is 2.92 bits per heavy atom.